The molecule has 2 saturated heterocycles. The van der Waals surface area contributed by atoms with E-state index >= 15 is 0 Å². The quantitative estimate of drug-likeness (QED) is 0.582. The van der Waals surface area contributed by atoms with Crippen LogP contribution < -0.4 is 5.32 Å². The molecule has 2 aliphatic rings. The molecule has 2 aromatic rings. The van der Waals surface area contributed by atoms with Gasteiger partial charge in [-0.3, -0.25) is 4.79 Å². The van der Waals surface area contributed by atoms with E-state index in [0.29, 0.717) is 25.2 Å². The van der Waals surface area contributed by atoms with Crippen molar-refractivity contribution in [1.82, 2.24) is 25.0 Å². The van der Waals surface area contributed by atoms with Gasteiger partial charge in [0.1, 0.15) is 6.33 Å². The van der Waals surface area contributed by atoms with Gasteiger partial charge in [0.15, 0.2) is 5.82 Å². The standard InChI is InChI=1S/C19H17F6N5O/c20-18(21,22)13-5-12(6-14(7-13)19(23,24)25)16-27-11-30(28-16)3-1-15(31)29-4-2-17(10-29)8-26-9-17/h1,3,5-7,11,26H,2,4,8-10H2/b3-1-. The molecule has 0 bridgehead atoms. The lowest BCUT2D eigenvalue weighted by atomic mass is 9.81. The van der Waals surface area contributed by atoms with Gasteiger partial charge in [-0.05, 0) is 24.6 Å². The van der Waals surface area contributed by atoms with Crippen LogP contribution in [0.1, 0.15) is 17.5 Å². The molecule has 0 saturated carbocycles. The monoisotopic (exact) mass is 445 g/mol. The summed E-state index contributed by atoms with van der Waals surface area (Å²) in [7, 11) is 0. The lowest BCUT2D eigenvalue weighted by molar-refractivity contribution is -0.143. The number of carbonyl (C=O) groups excluding carboxylic acids is 1. The minimum Gasteiger partial charge on any atom is -0.338 e. The highest BCUT2D eigenvalue weighted by Gasteiger charge is 2.44. The Labute approximate surface area is 172 Å². The fourth-order valence-corrected chi connectivity index (χ4v) is 3.70. The maximum atomic E-state index is 13.0. The number of hydrogen-bond donors (Lipinski definition) is 1. The zero-order valence-electron chi connectivity index (χ0n) is 16.0. The molecular weight excluding hydrogens is 428 g/mol. The van der Waals surface area contributed by atoms with Gasteiger partial charge < -0.3 is 10.2 Å². The van der Waals surface area contributed by atoms with Crippen LogP contribution in [0.3, 0.4) is 0 Å². The van der Waals surface area contributed by atoms with Crippen molar-refractivity contribution in [3.05, 3.63) is 41.7 Å². The van der Waals surface area contributed by atoms with E-state index in [-0.39, 0.29) is 23.2 Å². The van der Waals surface area contributed by atoms with E-state index in [1.165, 1.54) is 12.3 Å². The molecule has 31 heavy (non-hydrogen) atoms. The molecule has 2 aliphatic heterocycles. The van der Waals surface area contributed by atoms with Gasteiger partial charge >= 0.3 is 12.4 Å². The summed E-state index contributed by atoms with van der Waals surface area (Å²) in [5, 5.41) is 7.07. The average Bonchev–Trinajstić information content (AvgIpc) is 3.32. The zero-order valence-corrected chi connectivity index (χ0v) is 16.0. The number of nitrogens with one attached hydrogen (secondary N) is 1. The number of rotatable bonds is 3. The molecule has 1 aromatic heterocycles. The van der Waals surface area contributed by atoms with Gasteiger partial charge in [0, 0.05) is 49.4 Å². The SMILES string of the molecule is O=C(/C=C\n1cnc(-c2cc(C(F)(F)F)cc(C(F)(F)F)c2)n1)N1CCC2(CNC2)C1. The van der Waals surface area contributed by atoms with Crippen LogP contribution in [-0.4, -0.2) is 51.8 Å². The number of alkyl halides is 6. The first-order valence-electron chi connectivity index (χ1n) is 9.34. The maximum absolute atomic E-state index is 13.0. The number of likely N-dealkylation sites (tertiary alicyclic amines) is 1. The van der Waals surface area contributed by atoms with E-state index in [1.807, 2.05) is 0 Å². The van der Waals surface area contributed by atoms with Gasteiger partial charge in [-0.1, -0.05) is 0 Å². The predicted octanol–water partition coefficient (Wildman–Crippen LogP) is 3.28. The normalized spacial score (nSPS) is 18.7. The van der Waals surface area contributed by atoms with Gasteiger partial charge in [0.25, 0.3) is 0 Å². The van der Waals surface area contributed by atoms with Crippen LogP contribution in [0, 0.1) is 5.41 Å². The molecule has 0 aliphatic carbocycles. The van der Waals surface area contributed by atoms with Crippen molar-refractivity contribution in [3.8, 4) is 11.4 Å². The third-order valence-electron chi connectivity index (χ3n) is 5.47. The molecule has 4 rings (SSSR count). The van der Waals surface area contributed by atoms with Crippen LogP contribution in [0.2, 0.25) is 0 Å². The fraction of sp³-hybridized carbons (Fsp3) is 0.421. The Morgan fingerprint density at radius 2 is 1.71 bits per heavy atom. The summed E-state index contributed by atoms with van der Waals surface area (Å²) in [6, 6.07) is 1.15. The molecule has 12 heteroatoms. The highest BCUT2D eigenvalue weighted by Crippen LogP contribution is 2.38. The Morgan fingerprint density at radius 3 is 2.23 bits per heavy atom. The Balaban J connectivity index is 1.53. The van der Waals surface area contributed by atoms with Crippen molar-refractivity contribution in [2.75, 3.05) is 26.2 Å². The predicted molar refractivity (Wildman–Crippen MR) is 97.3 cm³/mol. The van der Waals surface area contributed by atoms with Gasteiger partial charge in [-0.15, -0.1) is 5.10 Å². The Kier molecular flexibility index (Phi) is 5.07. The van der Waals surface area contributed by atoms with Crippen molar-refractivity contribution in [2.24, 2.45) is 5.41 Å². The molecule has 166 valence electrons. The first-order chi connectivity index (χ1) is 14.5. The van der Waals surface area contributed by atoms with Crippen molar-refractivity contribution < 1.29 is 31.1 Å². The second kappa shape index (κ2) is 7.36. The summed E-state index contributed by atoms with van der Waals surface area (Å²) in [6.45, 7) is 2.99. The van der Waals surface area contributed by atoms with E-state index in [0.717, 1.165) is 30.5 Å². The van der Waals surface area contributed by atoms with Crippen LogP contribution in [0.5, 0.6) is 0 Å². The van der Waals surface area contributed by atoms with Crippen LogP contribution in [0.15, 0.2) is 30.6 Å². The molecule has 2 fully saturated rings. The van der Waals surface area contributed by atoms with Crippen molar-refractivity contribution >= 4 is 12.1 Å². The van der Waals surface area contributed by atoms with Gasteiger partial charge in [0.2, 0.25) is 5.91 Å². The van der Waals surface area contributed by atoms with Crippen molar-refractivity contribution in [3.63, 3.8) is 0 Å². The second-order valence-electron chi connectivity index (χ2n) is 7.77. The number of amides is 1. The van der Waals surface area contributed by atoms with E-state index < -0.39 is 29.0 Å². The van der Waals surface area contributed by atoms with E-state index in [1.54, 1.807) is 4.90 Å². The van der Waals surface area contributed by atoms with Crippen molar-refractivity contribution in [1.29, 1.82) is 0 Å². The number of hydrogen-bond acceptors (Lipinski definition) is 4. The lowest BCUT2D eigenvalue weighted by Gasteiger charge is -2.38. The largest absolute Gasteiger partial charge is 0.416 e. The Bertz CT molecular complexity index is 989. The second-order valence-corrected chi connectivity index (χ2v) is 7.77. The van der Waals surface area contributed by atoms with Gasteiger partial charge in [-0.2, -0.15) is 26.3 Å². The summed E-state index contributed by atoms with van der Waals surface area (Å²) in [4.78, 5) is 17.8. The first-order valence-corrected chi connectivity index (χ1v) is 9.34. The number of carbonyl (C=O) groups is 1. The molecule has 1 aromatic carbocycles. The lowest BCUT2D eigenvalue weighted by Crippen LogP contribution is -2.54. The highest BCUT2D eigenvalue weighted by molar-refractivity contribution is 5.90. The van der Waals surface area contributed by atoms with Gasteiger partial charge in [-0.25, -0.2) is 9.67 Å². The van der Waals surface area contributed by atoms with E-state index in [4.69, 9.17) is 0 Å². The van der Waals surface area contributed by atoms with E-state index in [9.17, 15) is 31.1 Å². The Morgan fingerprint density at radius 1 is 1.06 bits per heavy atom. The molecule has 1 amide bonds. The third kappa shape index (κ3) is 4.43. The third-order valence-corrected chi connectivity index (χ3v) is 5.47. The van der Waals surface area contributed by atoms with Crippen LogP contribution in [-0.2, 0) is 17.1 Å². The maximum Gasteiger partial charge on any atom is 0.416 e. The summed E-state index contributed by atoms with van der Waals surface area (Å²) < 4.78 is 79.2. The molecule has 1 N–H and O–H groups in total. The van der Waals surface area contributed by atoms with Gasteiger partial charge in [0.05, 0.1) is 11.1 Å². The number of benzene rings is 1. The Hall–Kier alpha value is -2.89. The first kappa shape index (κ1) is 21.3. The number of nitrogens with zero attached hydrogens (tertiary/aromatic N) is 4. The molecule has 6 nitrogen and oxygen atoms in total. The van der Waals surface area contributed by atoms with E-state index in [2.05, 4.69) is 15.4 Å². The molecule has 3 heterocycles. The minimum absolute atomic E-state index is 0.0412. The van der Waals surface area contributed by atoms with Crippen LogP contribution >= 0.6 is 0 Å². The molecular formula is C19H17F6N5O. The molecule has 0 radical (unpaired) electrons. The average molecular weight is 445 g/mol. The number of halogens is 6. The smallest absolute Gasteiger partial charge is 0.338 e. The van der Waals surface area contributed by atoms with Crippen molar-refractivity contribution in [2.45, 2.75) is 18.8 Å². The molecule has 0 unspecified atom stereocenters. The summed E-state index contributed by atoms with van der Waals surface area (Å²) in [5.41, 5.74) is -3.20. The number of aromatic nitrogens is 3. The highest BCUT2D eigenvalue weighted by atomic mass is 19.4. The van der Waals surface area contributed by atoms with Crippen LogP contribution in [0.4, 0.5) is 26.3 Å². The molecule has 1 spiro atoms. The summed E-state index contributed by atoms with van der Waals surface area (Å²) in [5.74, 6) is -0.575. The topological polar surface area (TPSA) is 63.1 Å². The summed E-state index contributed by atoms with van der Waals surface area (Å²) >= 11 is 0. The minimum atomic E-state index is -4.96. The van der Waals surface area contributed by atoms with Crippen LogP contribution in [0.25, 0.3) is 17.6 Å². The summed E-state index contributed by atoms with van der Waals surface area (Å²) in [6.07, 6.45) is -5.40. The zero-order chi connectivity index (χ0) is 22.4. The molecule has 0 atom stereocenters. The fourth-order valence-electron chi connectivity index (χ4n) is 3.70.